The minimum Gasteiger partial charge on any atom is -0.464 e. The number of hydrogen-bond donors (Lipinski definition) is 2. The van der Waals surface area contributed by atoms with Crippen molar-refractivity contribution in [1.82, 2.24) is 0 Å². The van der Waals surface area contributed by atoms with Gasteiger partial charge in [-0.2, -0.15) is 8.42 Å². The van der Waals surface area contributed by atoms with Gasteiger partial charge in [0.25, 0.3) is 15.8 Å². The van der Waals surface area contributed by atoms with Crippen LogP contribution < -0.4 is 0 Å². The van der Waals surface area contributed by atoms with Crippen molar-refractivity contribution in [3.8, 4) is 0 Å². The molecule has 0 amide bonds. The van der Waals surface area contributed by atoms with Gasteiger partial charge in [0.15, 0.2) is 0 Å². The molecule has 0 aliphatic heterocycles. The maximum Gasteiger partial charge on any atom is 0.370 e. The first kappa shape index (κ1) is 23.4. The molecule has 0 radical (unpaired) electrons. The normalized spacial score (nSPS) is 14.0. The molecular formula is C15H19NO11S. The SMILES string of the molecule is CCOC(=O)C(O)(O)C(C)(OS(=O)(=O)c1ccc([N+](=O)[O-])cc1)C(=O)OCC. The van der Waals surface area contributed by atoms with Gasteiger partial charge < -0.3 is 19.7 Å². The number of nitrogens with zero attached hydrogens (tertiary/aromatic N) is 1. The van der Waals surface area contributed by atoms with Crippen molar-refractivity contribution in [2.24, 2.45) is 0 Å². The van der Waals surface area contributed by atoms with Crippen LogP contribution in [0.3, 0.4) is 0 Å². The molecule has 28 heavy (non-hydrogen) atoms. The fourth-order valence-corrected chi connectivity index (χ4v) is 3.12. The van der Waals surface area contributed by atoms with Gasteiger partial charge in [-0.05, 0) is 32.9 Å². The molecule has 0 fully saturated rings. The number of esters is 2. The molecule has 1 aromatic carbocycles. The number of rotatable bonds is 9. The molecular weight excluding hydrogens is 402 g/mol. The first-order valence-corrected chi connectivity index (χ1v) is 9.23. The van der Waals surface area contributed by atoms with Crippen LogP contribution in [0.5, 0.6) is 0 Å². The third-order valence-corrected chi connectivity index (χ3v) is 4.91. The minimum atomic E-state index is -4.91. The number of nitro benzene ring substituents is 1. The number of non-ortho nitro benzene ring substituents is 1. The number of carbonyl (C=O) groups excluding carboxylic acids is 2. The molecule has 1 atom stereocenters. The van der Waals surface area contributed by atoms with E-state index in [-0.39, 0.29) is 13.2 Å². The summed E-state index contributed by atoms with van der Waals surface area (Å²) in [6.45, 7) is 2.70. The number of ether oxygens (including phenoxy) is 2. The van der Waals surface area contributed by atoms with Gasteiger partial charge >= 0.3 is 17.7 Å². The van der Waals surface area contributed by atoms with E-state index in [9.17, 15) is 38.3 Å². The van der Waals surface area contributed by atoms with E-state index in [0.29, 0.717) is 6.92 Å². The summed E-state index contributed by atoms with van der Waals surface area (Å²) in [7, 11) is -4.91. The zero-order chi connectivity index (χ0) is 21.8. The lowest BCUT2D eigenvalue weighted by molar-refractivity contribution is -0.384. The van der Waals surface area contributed by atoms with E-state index >= 15 is 0 Å². The van der Waals surface area contributed by atoms with Crippen LogP contribution in [0.2, 0.25) is 0 Å². The Balaban J connectivity index is 3.41. The van der Waals surface area contributed by atoms with Gasteiger partial charge in [-0.1, -0.05) is 0 Å². The van der Waals surface area contributed by atoms with Gasteiger partial charge in [-0.15, -0.1) is 0 Å². The maximum absolute atomic E-state index is 12.5. The summed E-state index contributed by atoms with van der Waals surface area (Å²) in [5.74, 6) is -7.05. The fourth-order valence-electron chi connectivity index (χ4n) is 1.93. The summed E-state index contributed by atoms with van der Waals surface area (Å²) in [4.78, 5) is 33.4. The summed E-state index contributed by atoms with van der Waals surface area (Å²) in [6, 6.07) is 3.32. The number of hydrogen-bond acceptors (Lipinski definition) is 11. The summed E-state index contributed by atoms with van der Waals surface area (Å²) >= 11 is 0. The summed E-state index contributed by atoms with van der Waals surface area (Å²) in [5, 5.41) is 31.0. The largest absolute Gasteiger partial charge is 0.464 e. The molecule has 12 nitrogen and oxygen atoms in total. The van der Waals surface area contributed by atoms with E-state index < -0.39 is 49.0 Å². The molecule has 1 rings (SSSR count). The summed E-state index contributed by atoms with van der Waals surface area (Å²) in [6.07, 6.45) is 0. The van der Waals surface area contributed by atoms with Crippen LogP contribution >= 0.6 is 0 Å². The Bertz CT molecular complexity index is 847. The number of nitro groups is 1. The third kappa shape index (κ3) is 4.62. The summed E-state index contributed by atoms with van der Waals surface area (Å²) in [5.41, 5.74) is -3.56. The predicted molar refractivity (Wildman–Crippen MR) is 90.2 cm³/mol. The Hall–Kier alpha value is -2.61. The Kier molecular flexibility index (Phi) is 7.20. The van der Waals surface area contributed by atoms with Crippen molar-refractivity contribution in [2.45, 2.75) is 37.1 Å². The molecule has 0 saturated heterocycles. The van der Waals surface area contributed by atoms with E-state index in [1.165, 1.54) is 13.8 Å². The van der Waals surface area contributed by atoms with Crippen LogP contribution in [-0.2, 0) is 33.4 Å². The van der Waals surface area contributed by atoms with Crippen molar-refractivity contribution in [1.29, 1.82) is 0 Å². The van der Waals surface area contributed by atoms with Gasteiger partial charge in [-0.25, -0.2) is 13.8 Å². The lowest BCUT2D eigenvalue weighted by atomic mass is 9.95. The van der Waals surface area contributed by atoms with Gasteiger partial charge in [0.2, 0.25) is 5.60 Å². The smallest absolute Gasteiger partial charge is 0.370 e. The fraction of sp³-hybridized carbons (Fsp3) is 0.467. The Morgan fingerprint density at radius 2 is 1.54 bits per heavy atom. The van der Waals surface area contributed by atoms with E-state index in [2.05, 4.69) is 13.7 Å². The van der Waals surface area contributed by atoms with Crippen LogP contribution in [0.15, 0.2) is 29.2 Å². The van der Waals surface area contributed by atoms with E-state index in [1.54, 1.807) is 0 Å². The first-order valence-electron chi connectivity index (χ1n) is 7.82. The lowest BCUT2D eigenvalue weighted by Gasteiger charge is -2.35. The topological polar surface area (TPSA) is 180 Å². The molecule has 0 saturated carbocycles. The maximum atomic E-state index is 12.5. The number of carbonyl (C=O) groups is 2. The van der Waals surface area contributed by atoms with Crippen LogP contribution in [0, 0.1) is 10.1 Å². The van der Waals surface area contributed by atoms with Gasteiger partial charge in [0.1, 0.15) is 0 Å². The van der Waals surface area contributed by atoms with Crippen LogP contribution in [-0.4, -0.2) is 60.1 Å². The average Bonchev–Trinajstić information content (AvgIpc) is 2.61. The number of benzene rings is 1. The molecule has 0 aromatic heterocycles. The number of aliphatic hydroxyl groups is 2. The minimum absolute atomic E-state index is 0.297. The monoisotopic (exact) mass is 421 g/mol. The highest BCUT2D eigenvalue weighted by Gasteiger charge is 2.63. The van der Waals surface area contributed by atoms with Gasteiger partial charge in [0, 0.05) is 12.1 Å². The molecule has 0 bridgehead atoms. The van der Waals surface area contributed by atoms with Crippen molar-refractivity contribution in [2.75, 3.05) is 13.2 Å². The van der Waals surface area contributed by atoms with E-state index in [0.717, 1.165) is 24.3 Å². The van der Waals surface area contributed by atoms with Crippen molar-refractivity contribution >= 4 is 27.7 Å². The second-order valence-electron chi connectivity index (χ2n) is 5.43. The third-order valence-electron chi connectivity index (χ3n) is 3.50. The zero-order valence-corrected chi connectivity index (χ0v) is 16.0. The second-order valence-corrected chi connectivity index (χ2v) is 6.98. The molecule has 0 heterocycles. The highest BCUT2D eigenvalue weighted by molar-refractivity contribution is 7.86. The Morgan fingerprint density at radius 3 is 1.96 bits per heavy atom. The molecule has 13 heteroatoms. The second kappa shape index (κ2) is 8.60. The van der Waals surface area contributed by atoms with Gasteiger partial charge in [0.05, 0.1) is 23.0 Å². The zero-order valence-electron chi connectivity index (χ0n) is 15.1. The molecule has 1 unspecified atom stereocenters. The first-order chi connectivity index (χ1) is 12.8. The molecule has 1 aromatic rings. The predicted octanol–water partition coefficient (Wildman–Crippen LogP) is -0.134. The molecule has 0 spiro atoms. The molecule has 156 valence electrons. The molecule has 2 N–H and O–H groups in total. The van der Waals surface area contributed by atoms with Crippen molar-refractivity contribution < 1.29 is 46.8 Å². The van der Waals surface area contributed by atoms with E-state index in [4.69, 9.17) is 0 Å². The average molecular weight is 421 g/mol. The van der Waals surface area contributed by atoms with Crippen LogP contribution in [0.25, 0.3) is 0 Å². The highest BCUT2D eigenvalue weighted by Crippen LogP contribution is 2.32. The quantitative estimate of drug-likeness (QED) is 0.178. The summed E-state index contributed by atoms with van der Waals surface area (Å²) < 4.78 is 38.7. The molecule has 0 aliphatic carbocycles. The standard InChI is InChI=1S/C15H19NO11S/c1-4-25-12(17)14(3,15(19,20)13(18)26-5-2)27-28(23,24)11-8-6-10(7-9-11)16(21)22/h6-9,19-20H,4-5H2,1-3H3. The van der Waals surface area contributed by atoms with Crippen molar-refractivity contribution in [3.63, 3.8) is 0 Å². The molecule has 0 aliphatic rings. The van der Waals surface area contributed by atoms with E-state index in [1.807, 2.05) is 0 Å². The van der Waals surface area contributed by atoms with Gasteiger partial charge in [-0.3, -0.25) is 10.1 Å². The highest BCUT2D eigenvalue weighted by atomic mass is 32.2. The lowest BCUT2D eigenvalue weighted by Crippen LogP contribution is -2.65. The van der Waals surface area contributed by atoms with Crippen LogP contribution in [0.1, 0.15) is 20.8 Å². The Labute approximate surface area is 159 Å². The van der Waals surface area contributed by atoms with Crippen LogP contribution in [0.4, 0.5) is 5.69 Å². The van der Waals surface area contributed by atoms with Crippen molar-refractivity contribution in [3.05, 3.63) is 34.4 Å². The Morgan fingerprint density at radius 1 is 1.07 bits per heavy atom.